The van der Waals surface area contributed by atoms with E-state index in [9.17, 15) is 18.0 Å². The molecule has 0 saturated heterocycles. The van der Waals surface area contributed by atoms with Crippen LogP contribution in [0.4, 0.5) is 5.69 Å². The molecule has 11 heteroatoms. The second-order valence-corrected chi connectivity index (χ2v) is 10.6. The van der Waals surface area contributed by atoms with Crippen LogP contribution >= 0.6 is 11.6 Å². The van der Waals surface area contributed by atoms with Crippen molar-refractivity contribution in [2.45, 2.75) is 39.4 Å². The van der Waals surface area contributed by atoms with E-state index in [4.69, 9.17) is 21.1 Å². The van der Waals surface area contributed by atoms with Gasteiger partial charge in [0.1, 0.15) is 12.6 Å². The van der Waals surface area contributed by atoms with Crippen molar-refractivity contribution < 1.29 is 27.5 Å². The van der Waals surface area contributed by atoms with Crippen molar-refractivity contribution in [2.24, 2.45) is 0 Å². The molecule has 0 aliphatic carbocycles. The molecule has 0 heterocycles. The van der Waals surface area contributed by atoms with Gasteiger partial charge in [-0.3, -0.25) is 13.9 Å². The molecule has 1 atom stereocenters. The number of rotatable bonds is 11. The van der Waals surface area contributed by atoms with Crippen LogP contribution in [0.15, 0.2) is 42.5 Å². The fourth-order valence-electron chi connectivity index (χ4n) is 3.39. The average molecular weight is 526 g/mol. The number of halogens is 1. The van der Waals surface area contributed by atoms with Crippen LogP contribution in [-0.2, 0) is 26.2 Å². The zero-order valence-electron chi connectivity index (χ0n) is 20.7. The largest absolute Gasteiger partial charge is 0.493 e. The zero-order chi connectivity index (χ0) is 26.3. The first kappa shape index (κ1) is 28.3. The van der Waals surface area contributed by atoms with Crippen molar-refractivity contribution >= 4 is 39.1 Å². The third kappa shape index (κ3) is 7.50. The molecule has 35 heavy (non-hydrogen) atoms. The summed E-state index contributed by atoms with van der Waals surface area (Å²) in [4.78, 5) is 27.6. The van der Waals surface area contributed by atoms with E-state index < -0.39 is 28.5 Å². The molecule has 2 rings (SSSR count). The topological polar surface area (TPSA) is 105 Å². The summed E-state index contributed by atoms with van der Waals surface area (Å²) in [7, 11) is -0.982. The number of carbonyl (C=O) groups is 2. The quantitative estimate of drug-likeness (QED) is 0.483. The standard InChI is InChI=1S/C24H32ClN3O6S/c1-16(2)26-24(30)17(3)27(14-18-9-7-8-10-20(18)25)23(29)15-28(35(6,31)32)19-11-12-21(33-4)22(13-19)34-5/h7-13,16-17H,14-15H2,1-6H3,(H,26,30)/t17-/m1/s1. The van der Waals surface area contributed by atoms with Crippen LogP contribution in [0.2, 0.25) is 5.02 Å². The Balaban J connectivity index is 2.45. The van der Waals surface area contributed by atoms with Crippen LogP contribution in [0.1, 0.15) is 26.3 Å². The van der Waals surface area contributed by atoms with Gasteiger partial charge in [-0.2, -0.15) is 0 Å². The Kier molecular flexibility index (Phi) is 9.79. The Hall–Kier alpha value is -2.98. The zero-order valence-corrected chi connectivity index (χ0v) is 22.3. The molecule has 0 spiro atoms. The minimum absolute atomic E-state index is 0.0225. The van der Waals surface area contributed by atoms with Crippen molar-refractivity contribution in [3.05, 3.63) is 53.1 Å². The number of hydrogen-bond acceptors (Lipinski definition) is 6. The van der Waals surface area contributed by atoms with Crippen molar-refractivity contribution in [2.75, 3.05) is 31.3 Å². The summed E-state index contributed by atoms with van der Waals surface area (Å²) in [6.07, 6.45) is 1.00. The van der Waals surface area contributed by atoms with E-state index >= 15 is 0 Å². The van der Waals surface area contributed by atoms with E-state index in [2.05, 4.69) is 5.32 Å². The molecule has 1 N–H and O–H groups in total. The number of anilines is 1. The molecule has 2 amide bonds. The summed E-state index contributed by atoms with van der Waals surface area (Å²) in [5.74, 6) is -0.215. The summed E-state index contributed by atoms with van der Waals surface area (Å²) in [6.45, 7) is 4.71. The predicted octanol–water partition coefficient (Wildman–Crippen LogP) is 3.07. The van der Waals surface area contributed by atoms with Gasteiger partial charge in [-0.25, -0.2) is 8.42 Å². The van der Waals surface area contributed by atoms with Crippen LogP contribution in [0.25, 0.3) is 0 Å². The first-order valence-corrected chi connectivity index (χ1v) is 13.1. The lowest BCUT2D eigenvalue weighted by molar-refractivity contribution is -0.139. The van der Waals surface area contributed by atoms with Gasteiger partial charge in [-0.05, 0) is 44.5 Å². The summed E-state index contributed by atoms with van der Waals surface area (Å²) >= 11 is 6.31. The highest BCUT2D eigenvalue weighted by Gasteiger charge is 2.31. The number of carbonyl (C=O) groups excluding carboxylic acids is 2. The smallest absolute Gasteiger partial charge is 0.244 e. The van der Waals surface area contributed by atoms with Crippen molar-refractivity contribution in [3.63, 3.8) is 0 Å². The molecule has 0 saturated carbocycles. The van der Waals surface area contributed by atoms with Crippen molar-refractivity contribution in [1.82, 2.24) is 10.2 Å². The van der Waals surface area contributed by atoms with Gasteiger partial charge >= 0.3 is 0 Å². The summed E-state index contributed by atoms with van der Waals surface area (Å²) in [5, 5.41) is 3.23. The Morgan fingerprint density at radius 2 is 1.66 bits per heavy atom. The molecule has 0 aliphatic heterocycles. The van der Waals surface area contributed by atoms with Gasteiger partial charge in [0.25, 0.3) is 0 Å². The van der Waals surface area contributed by atoms with Gasteiger partial charge in [0.05, 0.1) is 26.2 Å². The van der Waals surface area contributed by atoms with Gasteiger partial charge in [-0.15, -0.1) is 0 Å². The van der Waals surface area contributed by atoms with E-state index in [1.54, 1.807) is 37.3 Å². The number of sulfonamides is 1. The number of nitrogens with zero attached hydrogens (tertiary/aromatic N) is 2. The first-order chi connectivity index (χ1) is 16.4. The number of nitrogens with one attached hydrogen (secondary N) is 1. The molecule has 0 fully saturated rings. The Labute approximate surface area is 212 Å². The molecule has 2 aromatic carbocycles. The third-order valence-electron chi connectivity index (χ3n) is 5.23. The molecule has 0 aromatic heterocycles. The average Bonchev–Trinajstić information content (AvgIpc) is 2.79. The maximum absolute atomic E-state index is 13.5. The highest BCUT2D eigenvalue weighted by atomic mass is 35.5. The van der Waals surface area contributed by atoms with Gasteiger partial charge in [0.2, 0.25) is 21.8 Å². The number of methoxy groups -OCH3 is 2. The highest BCUT2D eigenvalue weighted by molar-refractivity contribution is 7.92. The maximum atomic E-state index is 13.5. The molecule has 0 radical (unpaired) electrons. The molecular weight excluding hydrogens is 494 g/mol. The summed E-state index contributed by atoms with van der Waals surface area (Å²) in [5.41, 5.74) is 0.846. The van der Waals surface area contributed by atoms with Crippen LogP contribution in [0.5, 0.6) is 11.5 Å². The van der Waals surface area contributed by atoms with Crippen LogP contribution < -0.4 is 19.1 Å². The predicted molar refractivity (Wildman–Crippen MR) is 136 cm³/mol. The third-order valence-corrected chi connectivity index (χ3v) is 6.74. The number of hydrogen-bond donors (Lipinski definition) is 1. The van der Waals surface area contributed by atoms with E-state index in [-0.39, 0.29) is 24.2 Å². The van der Waals surface area contributed by atoms with Gasteiger partial charge in [0, 0.05) is 23.7 Å². The van der Waals surface area contributed by atoms with Gasteiger partial charge in [-0.1, -0.05) is 29.8 Å². The van der Waals surface area contributed by atoms with E-state index in [1.165, 1.54) is 31.3 Å². The van der Waals surface area contributed by atoms with Crippen LogP contribution in [0.3, 0.4) is 0 Å². The monoisotopic (exact) mass is 525 g/mol. The summed E-state index contributed by atoms with van der Waals surface area (Å²) < 4.78 is 36.8. The Bertz CT molecular complexity index is 1160. The normalized spacial score (nSPS) is 12.1. The minimum atomic E-state index is -3.87. The van der Waals surface area contributed by atoms with Gasteiger partial charge in [0.15, 0.2) is 11.5 Å². The minimum Gasteiger partial charge on any atom is -0.493 e. The lowest BCUT2D eigenvalue weighted by atomic mass is 10.1. The van der Waals surface area contributed by atoms with Crippen molar-refractivity contribution in [1.29, 1.82) is 0 Å². The second-order valence-electron chi connectivity index (χ2n) is 8.26. The number of benzene rings is 2. The molecule has 0 unspecified atom stereocenters. The first-order valence-electron chi connectivity index (χ1n) is 10.9. The van der Waals surface area contributed by atoms with Gasteiger partial charge < -0.3 is 19.7 Å². The van der Waals surface area contributed by atoms with Crippen molar-refractivity contribution in [3.8, 4) is 11.5 Å². The molecule has 9 nitrogen and oxygen atoms in total. The lowest BCUT2D eigenvalue weighted by Gasteiger charge is -2.32. The second kappa shape index (κ2) is 12.1. The SMILES string of the molecule is COc1ccc(N(CC(=O)N(Cc2ccccc2Cl)[C@H](C)C(=O)NC(C)C)S(C)(=O)=O)cc1OC. The fourth-order valence-corrected chi connectivity index (χ4v) is 4.43. The van der Waals surface area contributed by atoms with Crippen LogP contribution in [-0.4, -0.2) is 64.2 Å². The lowest BCUT2D eigenvalue weighted by Crippen LogP contribution is -2.52. The summed E-state index contributed by atoms with van der Waals surface area (Å²) in [6, 6.07) is 10.5. The molecular formula is C24H32ClN3O6S. The number of ether oxygens (including phenoxy) is 2. The Morgan fingerprint density at radius 1 is 1.03 bits per heavy atom. The number of amides is 2. The maximum Gasteiger partial charge on any atom is 0.244 e. The highest BCUT2D eigenvalue weighted by Crippen LogP contribution is 2.32. The molecule has 0 bridgehead atoms. The van der Waals surface area contributed by atoms with E-state index in [0.717, 1.165) is 10.6 Å². The van der Waals surface area contributed by atoms with E-state index in [0.29, 0.717) is 22.1 Å². The Morgan fingerprint density at radius 3 is 2.20 bits per heavy atom. The molecule has 192 valence electrons. The molecule has 0 aliphatic rings. The van der Waals surface area contributed by atoms with Crippen LogP contribution in [0, 0.1) is 0 Å². The fraction of sp³-hybridized carbons (Fsp3) is 0.417. The molecule has 2 aromatic rings. The van der Waals surface area contributed by atoms with E-state index in [1.807, 2.05) is 13.8 Å².